The van der Waals surface area contributed by atoms with Crippen molar-refractivity contribution in [2.45, 2.75) is 33.2 Å². The van der Waals surface area contributed by atoms with Gasteiger partial charge in [-0.2, -0.15) is 0 Å². The SMILES string of the molecule is CC(C)C1CCN(c2ncc(CN)s2)CC1. The normalized spacial score (nSPS) is 18.4. The van der Waals surface area contributed by atoms with Gasteiger partial charge in [0.2, 0.25) is 0 Å². The first kappa shape index (κ1) is 11.9. The van der Waals surface area contributed by atoms with Crippen LogP contribution in [0.2, 0.25) is 0 Å². The molecular weight excluding hydrogens is 218 g/mol. The van der Waals surface area contributed by atoms with Crippen LogP contribution in [0.1, 0.15) is 31.6 Å². The highest BCUT2D eigenvalue weighted by molar-refractivity contribution is 7.15. The Hall–Kier alpha value is -0.610. The summed E-state index contributed by atoms with van der Waals surface area (Å²) in [5.41, 5.74) is 5.61. The number of nitrogens with zero attached hydrogens (tertiary/aromatic N) is 2. The van der Waals surface area contributed by atoms with E-state index < -0.39 is 0 Å². The minimum atomic E-state index is 0.611. The minimum absolute atomic E-state index is 0.611. The van der Waals surface area contributed by atoms with Crippen LogP contribution in [0.25, 0.3) is 0 Å². The van der Waals surface area contributed by atoms with Gasteiger partial charge in [0.05, 0.1) is 0 Å². The highest BCUT2D eigenvalue weighted by Gasteiger charge is 2.22. The topological polar surface area (TPSA) is 42.2 Å². The van der Waals surface area contributed by atoms with Gasteiger partial charge in [0.25, 0.3) is 0 Å². The molecule has 0 amide bonds. The molecular formula is C12H21N3S. The van der Waals surface area contributed by atoms with Gasteiger partial charge in [-0.1, -0.05) is 13.8 Å². The summed E-state index contributed by atoms with van der Waals surface area (Å²) < 4.78 is 0. The van der Waals surface area contributed by atoms with Gasteiger partial charge < -0.3 is 10.6 Å². The van der Waals surface area contributed by atoms with E-state index in [0.29, 0.717) is 6.54 Å². The summed E-state index contributed by atoms with van der Waals surface area (Å²) in [5.74, 6) is 1.71. The number of hydrogen-bond acceptors (Lipinski definition) is 4. The van der Waals surface area contributed by atoms with Crippen molar-refractivity contribution in [2.75, 3.05) is 18.0 Å². The van der Waals surface area contributed by atoms with E-state index in [9.17, 15) is 0 Å². The summed E-state index contributed by atoms with van der Waals surface area (Å²) in [6, 6.07) is 0. The average Bonchev–Trinajstić information content (AvgIpc) is 2.77. The Morgan fingerprint density at radius 2 is 2.19 bits per heavy atom. The van der Waals surface area contributed by atoms with Crippen molar-refractivity contribution < 1.29 is 0 Å². The molecule has 1 aliphatic rings. The van der Waals surface area contributed by atoms with E-state index in [1.807, 2.05) is 6.20 Å². The maximum absolute atomic E-state index is 5.61. The van der Waals surface area contributed by atoms with Crippen molar-refractivity contribution in [3.8, 4) is 0 Å². The third kappa shape index (κ3) is 2.55. The second-order valence-corrected chi connectivity index (χ2v) is 5.98. The number of rotatable bonds is 3. The average molecular weight is 239 g/mol. The summed E-state index contributed by atoms with van der Waals surface area (Å²) in [7, 11) is 0. The van der Waals surface area contributed by atoms with Crippen LogP contribution in [0.5, 0.6) is 0 Å². The highest BCUT2D eigenvalue weighted by Crippen LogP contribution is 2.29. The Morgan fingerprint density at radius 1 is 1.50 bits per heavy atom. The fraction of sp³-hybridized carbons (Fsp3) is 0.750. The standard InChI is InChI=1S/C12H21N3S/c1-9(2)10-3-5-15(6-4-10)12-14-8-11(7-13)16-12/h8-10H,3-7,13H2,1-2H3. The largest absolute Gasteiger partial charge is 0.348 e. The molecule has 0 atom stereocenters. The van der Waals surface area contributed by atoms with Gasteiger partial charge in [0.15, 0.2) is 5.13 Å². The molecule has 2 N–H and O–H groups in total. The lowest BCUT2D eigenvalue weighted by Gasteiger charge is -2.33. The molecule has 0 saturated carbocycles. The summed E-state index contributed by atoms with van der Waals surface area (Å²) in [4.78, 5) is 8.03. The predicted octanol–water partition coefficient (Wildman–Crippen LogP) is 2.47. The number of anilines is 1. The van der Waals surface area contributed by atoms with Gasteiger partial charge in [-0.25, -0.2) is 4.98 Å². The Bertz CT molecular complexity index is 327. The molecule has 1 saturated heterocycles. The first-order valence-electron chi connectivity index (χ1n) is 6.10. The van der Waals surface area contributed by atoms with E-state index >= 15 is 0 Å². The molecule has 2 rings (SSSR count). The Labute approximate surface area is 102 Å². The summed E-state index contributed by atoms with van der Waals surface area (Å²) in [5, 5.41) is 1.16. The van der Waals surface area contributed by atoms with Crippen LogP contribution in [0.3, 0.4) is 0 Å². The van der Waals surface area contributed by atoms with E-state index in [4.69, 9.17) is 5.73 Å². The lowest BCUT2D eigenvalue weighted by molar-refractivity contribution is 0.311. The first-order chi connectivity index (χ1) is 7.70. The number of nitrogens with two attached hydrogens (primary N) is 1. The molecule has 0 radical (unpaired) electrons. The molecule has 0 bridgehead atoms. The third-order valence-electron chi connectivity index (χ3n) is 3.50. The highest BCUT2D eigenvalue weighted by atomic mass is 32.1. The molecule has 2 heterocycles. The molecule has 0 unspecified atom stereocenters. The smallest absolute Gasteiger partial charge is 0.185 e. The van der Waals surface area contributed by atoms with Gasteiger partial charge in [-0.3, -0.25) is 0 Å². The number of hydrogen-bond donors (Lipinski definition) is 1. The Morgan fingerprint density at radius 3 is 2.69 bits per heavy atom. The number of piperidine rings is 1. The summed E-state index contributed by atoms with van der Waals surface area (Å²) in [6.45, 7) is 7.58. The number of thiazole rings is 1. The van der Waals surface area contributed by atoms with Gasteiger partial charge >= 0.3 is 0 Å². The molecule has 0 aromatic carbocycles. The van der Waals surface area contributed by atoms with E-state index in [2.05, 4.69) is 23.7 Å². The van der Waals surface area contributed by atoms with Crippen molar-refractivity contribution in [3.63, 3.8) is 0 Å². The number of aromatic nitrogens is 1. The third-order valence-corrected chi connectivity index (χ3v) is 4.58. The Kier molecular flexibility index (Phi) is 3.82. The molecule has 90 valence electrons. The molecule has 0 aliphatic carbocycles. The van der Waals surface area contributed by atoms with Crippen molar-refractivity contribution in [1.29, 1.82) is 0 Å². The van der Waals surface area contributed by atoms with Crippen LogP contribution < -0.4 is 10.6 Å². The molecule has 0 spiro atoms. The zero-order valence-electron chi connectivity index (χ0n) is 10.1. The second kappa shape index (κ2) is 5.15. The van der Waals surface area contributed by atoms with Crippen molar-refractivity contribution >= 4 is 16.5 Å². The fourth-order valence-electron chi connectivity index (χ4n) is 2.30. The van der Waals surface area contributed by atoms with Crippen LogP contribution in [0, 0.1) is 11.8 Å². The summed E-state index contributed by atoms with van der Waals surface area (Å²) in [6.07, 6.45) is 4.51. The molecule has 3 nitrogen and oxygen atoms in total. The maximum Gasteiger partial charge on any atom is 0.185 e. The quantitative estimate of drug-likeness (QED) is 0.881. The van der Waals surface area contributed by atoms with Gasteiger partial charge in [-0.05, 0) is 24.7 Å². The van der Waals surface area contributed by atoms with Crippen LogP contribution in [0.15, 0.2) is 6.20 Å². The van der Waals surface area contributed by atoms with Gasteiger partial charge in [0, 0.05) is 30.7 Å². The lowest BCUT2D eigenvalue weighted by Crippen LogP contribution is -2.35. The molecule has 1 aromatic rings. The van der Waals surface area contributed by atoms with E-state index in [1.165, 1.54) is 17.7 Å². The van der Waals surface area contributed by atoms with Crippen LogP contribution in [0.4, 0.5) is 5.13 Å². The Balaban J connectivity index is 1.93. The first-order valence-corrected chi connectivity index (χ1v) is 6.92. The molecule has 1 aromatic heterocycles. The monoisotopic (exact) mass is 239 g/mol. The lowest BCUT2D eigenvalue weighted by atomic mass is 9.87. The maximum atomic E-state index is 5.61. The fourth-order valence-corrected chi connectivity index (χ4v) is 3.14. The van der Waals surface area contributed by atoms with Gasteiger partial charge in [-0.15, -0.1) is 11.3 Å². The molecule has 1 fully saturated rings. The van der Waals surface area contributed by atoms with E-state index in [1.54, 1.807) is 11.3 Å². The molecule has 16 heavy (non-hydrogen) atoms. The van der Waals surface area contributed by atoms with Crippen molar-refractivity contribution in [3.05, 3.63) is 11.1 Å². The van der Waals surface area contributed by atoms with Crippen LogP contribution in [-0.4, -0.2) is 18.1 Å². The van der Waals surface area contributed by atoms with Gasteiger partial charge in [0.1, 0.15) is 0 Å². The van der Waals surface area contributed by atoms with Crippen LogP contribution in [-0.2, 0) is 6.54 Å². The predicted molar refractivity (Wildman–Crippen MR) is 69.8 cm³/mol. The van der Waals surface area contributed by atoms with Crippen LogP contribution >= 0.6 is 11.3 Å². The molecule has 1 aliphatic heterocycles. The van der Waals surface area contributed by atoms with E-state index in [0.717, 1.165) is 30.1 Å². The zero-order chi connectivity index (χ0) is 11.5. The van der Waals surface area contributed by atoms with E-state index in [-0.39, 0.29) is 0 Å². The minimum Gasteiger partial charge on any atom is -0.348 e. The molecule has 4 heteroatoms. The van der Waals surface area contributed by atoms with Crippen molar-refractivity contribution in [2.24, 2.45) is 17.6 Å². The summed E-state index contributed by atoms with van der Waals surface area (Å²) >= 11 is 1.74. The van der Waals surface area contributed by atoms with Crippen molar-refractivity contribution in [1.82, 2.24) is 4.98 Å². The zero-order valence-corrected chi connectivity index (χ0v) is 11.0. The second-order valence-electron chi connectivity index (χ2n) is 4.88.